The first-order valence-electron chi connectivity index (χ1n) is 11.4. The molecular formula is C24H36ClN3O2. The zero-order chi connectivity index (χ0) is 20.4. The summed E-state index contributed by atoms with van der Waals surface area (Å²) in [5, 5.41) is 3.26. The molecule has 0 bridgehead atoms. The Bertz CT molecular complexity index is 754. The third-order valence-electron chi connectivity index (χ3n) is 7.17. The quantitative estimate of drug-likeness (QED) is 0.788. The molecule has 30 heavy (non-hydrogen) atoms. The molecule has 0 spiro atoms. The van der Waals surface area contributed by atoms with Gasteiger partial charge < -0.3 is 15.1 Å². The van der Waals surface area contributed by atoms with Crippen LogP contribution in [0.1, 0.15) is 51.0 Å². The van der Waals surface area contributed by atoms with E-state index in [1.165, 1.54) is 12.0 Å². The Labute approximate surface area is 187 Å². The van der Waals surface area contributed by atoms with E-state index in [0.717, 1.165) is 63.8 Å². The summed E-state index contributed by atoms with van der Waals surface area (Å²) < 4.78 is 0. The standard InChI is InChI=1S/C24H35N3O2.ClH/c1-17-14-19-9-3-6-12-22(19)27(17)24(29)21-11-5-4-10-20(21)23(28)26-13-7-8-18(16-26)15-25-2;/h3,6,9,12,17-18,20-21,25H,4-5,7-8,10-11,13-16H2,1-2H3;1H. The Morgan fingerprint density at radius 1 is 1.03 bits per heavy atom. The predicted molar refractivity (Wildman–Crippen MR) is 123 cm³/mol. The van der Waals surface area contributed by atoms with E-state index in [4.69, 9.17) is 0 Å². The molecule has 4 atom stereocenters. The van der Waals surface area contributed by atoms with Gasteiger partial charge in [0, 0.05) is 30.7 Å². The Kier molecular flexibility index (Phi) is 7.81. The molecule has 166 valence electrons. The summed E-state index contributed by atoms with van der Waals surface area (Å²) in [6.07, 6.45) is 6.96. The van der Waals surface area contributed by atoms with Crippen LogP contribution in [0.5, 0.6) is 0 Å². The third-order valence-corrected chi connectivity index (χ3v) is 7.17. The second kappa shape index (κ2) is 10.1. The van der Waals surface area contributed by atoms with Crippen LogP contribution in [0.25, 0.3) is 0 Å². The molecule has 6 heteroatoms. The van der Waals surface area contributed by atoms with E-state index in [1.54, 1.807) is 0 Å². The first kappa shape index (κ1) is 23.1. The first-order valence-corrected chi connectivity index (χ1v) is 11.4. The summed E-state index contributed by atoms with van der Waals surface area (Å²) in [6, 6.07) is 8.41. The second-order valence-corrected chi connectivity index (χ2v) is 9.24. The van der Waals surface area contributed by atoms with Crippen molar-refractivity contribution >= 4 is 29.9 Å². The SMILES string of the molecule is CNCC1CCCN(C(=O)C2CCCCC2C(=O)N2c3ccccc3CC2C)C1.Cl. The van der Waals surface area contributed by atoms with Crippen LogP contribution in [0.2, 0.25) is 0 Å². The van der Waals surface area contributed by atoms with Gasteiger partial charge in [0.05, 0.1) is 5.92 Å². The number of piperidine rings is 1. The zero-order valence-corrected chi connectivity index (χ0v) is 19.1. The van der Waals surface area contributed by atoms with Crippen molar-refractivity contribution < 1.29 is 9.59 Å². The number of likely N-dealkylation sites (tertiary alicyclic amines) is 1. The number of anilines is 1. The van der Waals surface area contributed by atoms with Crippen molar-refractivity contribution in [2.24, 2.45) is 17.8 Å². The fourth-order valence-electron chi connectivity index (χ4n) is 5.76. The van der Waals surface area contributed by atoms with Gasteiger partial charge in [0.15, 0.2) is 0 Å². The number of para-hydroxylation sites is 1. The van der Waals surface area contributed by atoms with Crippen molar-refractivity contribution in [3.63, 3.8) is 0 Å². The maximum absolute atomic E-state index is 13.7. The maximum atomic E-state index is 13.7. The fraction of sp³-hybridized carbons (Fsp3) is 0.667. The van der Waals surface area contributed by atoms with E-state index >= 15 is 0 Å². The minimum atomic E-state index is -0.172. The van der Waals surface area contributed by atoms with Crippen molar-refractivity contribution in [1.82, 2.24) is 10.2 Å². The molecule has 1 aromatic carbocycles. The second-order valence-electron chi connectivity index (χ2n) is 9.24. The van der Waals surface area contributed by atoms with E-state index < -0.39 is 0 Å². The zero-order valence-electron chi connectivity index (χ0n) is 18.3. The number of hydrogen-bond donors (Lipinski definition) is 1. The molecule has 2 amide bonds. The summed E-state index contributed by atoms with van der Waals surface area (Å²) in [5.41, 5.74) is 2.30. The van der Waals surface area contributed by atoms with Crippen molar-refractivity contribution in [3.8, 4) is 0 Å². The van der Waals surface area contributed by atoms with Crippen LogP contribution in [-0.4, -0.2) is 49.4 Å². The third kappa shape index (κ3) is 4.52. The van der Waals surface area contributed by atoms with Gasteiger partial charge >= 0.3 is 0 Å². The predicted octanol–water partition coefficient (Wildman–Crippen LogP) is 3.65. The molecule has 0 aromatic heterocycles. The van der Waals surface area contributed by atoms with Gasteiger partial charge in [0.25, 0.3) is 0 Å². The molecule has 3 aliphatic rings. The molecule has 5 nitrogen and oxygen atoms in total. The Morgan fingerprint density at radius 3 is 2.47 bits per heavy atom. The lowest BCUT2D eigenvalue weighted by molar-refractivity contribution is -0.144. The number of halogens is 1. The van der Waals surface area contributed by atoms with Gasteiger partial charge in [-0.1, -0.05) is 31.0 Å². The van der Waals surface area contributed by atoms with Gasteiger partial charge in [-0.15, -0.1) is 12.4 Å². The normalized spacial score (nSPS) is 28.6. The largest absolute Gasteiger partial charge is 0.342 e. The van der Waals surface area contributed by atoms with Crippen molar-refractivity contribution in [1.29, 1.82) is 0 Å². The van der Waals surface area contributed by atoms with Gasteiger partial charge in [0.2, 0.25) is 11.8 Å². The van der Waals surface area contributed by atoms with Crippen molar-refractivity contribution in [2.75, 3.05) is 31.6 Å². The summed E-state index contributed by atoms with van der Waals surface area (Å²) in [4.78, 5) is 31.2. The van der Waals surface area contributed by atoms with Crippen LogP contribution in [-0.2, 0) is 16.0 Å². The highest BCUT2D eigenvalue weighted by molar-refractivity contribution is 6.00. The number of rotatable bonds is 4. The van der Waals surface area contributed by atoms with Crippen LogP contribution in [0.3, 0.4) is 0 Å². The minimum absolute atomic E-state index is 0. The number of benzene rings is 1. The monoisotopic (exact) mass is 433 g/mol. The summed E-state index contributed by atoms with van der Waals surface area (Å²) >= 11 is 0. The molecule has 2 aliphatic heterocycles. The van der Waals surface area contributed by atoms with Crippen molar-refractivity contribution in [3.05, 3.63) is 29.8 Å². The van der Waals surface area contributed by atoms with E-state index in [0.29, 0.717) is 5.92 Å². The molecule has 2 heterocycles. The molecule has 1 N–H and O–H groups in total. The Balaban J connectivity index is 0.00000256. The molecule has 4 rings (SSSR count). The van der Waals surface area contributed by atoms with Gasteiger partial charge in [-0.05, 0) is 70.2 Å². The number of hydrogen-bond acceptors (Lipinski definition) is 3. The average molecular weight is 434 g/mol. The number of fused-ring (bicyclic) bond motifs is 1. The van der Waals surface area contributed by atoms with E-state index in [2.05, 4.69) is 29.3 Å². The van der Waals surface area contributed by atoms with Crippen LogP contribution >= 0.6 is 12.4 Å². The molecule has 2 fully saturated rings. The summed E-state index contributed by atoms with van der Waals surface area (Å²) in [7, 11) is 1.98. The Morgan fingerprint density at radius 2 is 1.73 bits per heavy atom. The number of carbonyl (C=O) groups is 2. The van der Waals surface area contributed by atoms with Gasteiger partial charge in [-0.25, -0.2) is 0 Å². The van der Waals surface area contributed by atoms with E-state index in [9.17, 15) is 9.59 Å². The molecule has 1 aliphatic carbocycles. The van der Waals surface area contributed by atoms with Gasteiger partial charge in [-0.3, -0.25) is 9.59 Å². The lowest BCUT2D eigenvalue weighted by Crippen LogP contribution is -2.50. The molecule has 4 unspecified atom stereocenters. The average Bonchev–Trinajstić information content (AvgIpc) is 3.09. The number of amides is 2. The van der Waals surface area contributed by atoms with Gasteiger partial charge in [-0.2, -0.15) is 0 Å². The minimum Gasteiger partial charge on any atom is -0.342 e. The number of nitrogens with one attached hydrogen (secondary N) is 1. The van der Waals surface area contributed by atoms with Crippen molar-refractivity contribution in [2.45, 2.75) is 57.9 Å². The number of carbonyl (C=O) groups excluding carboxylic acids is 2. The molecule has 1 saturated carbocycles. The summed E-state index contributed by atoms with van der Waals surface area (Å²) in [5.74, 6) is 0.605. The maximum Gasteiger partial charge on any atom is 0.231 e. The highest BCUT2D eigenvalue weighted by atomic mass is 35.5. The molecule has 0 radical (unpaired) electrons. The lowest BCUT2D eigenvalue weighted by atomic mass is 9.77. The summed E-state index contributed by atoms with van der Waals surface area (Å²) in [6.45, 7) is 4.77. The van der Waals surface area contributed by atoms with Crippen LogP contribution < -0.4 is 10.2 Å². The fourth-order valence-corrected chi connectivity index (χ4v) is 5.76. The molecular weight excluding hydrogens is 398 g/mol. The smallest absolute Gasteiger partial charge is 0.231 e. The van der Waals surface area contributed by atoms with Gasteiger partial charge in [0.1, 0.15) is 0 Å². The van der Waals surface area contributed by atoms with Crippen LogP contribution in [0.15, 0.2) is 24.3 Å². The topological polar surface area (TPSA) is 52.7 Å². The Hall–Kier alpha value is -1.59. The lowest BCUT2D eigenvalue weighted by Gasteiger charge is -2.39. The highest BCUT2D eigenvalue weighted by Crippen LogP contribution is 2.39. The van der Waals surface area contributed by atoms with Crippen LogP contribution in [0, 0.1) is 17.8 Å². The van der Waals surface area contributed by atoms with E-state index in [1.807, 2.05) is 24.1 Å². The highest BCUT2D eigenvalue weighted by Gasteiger charge is 2.43. The van der Waals surface area contributed by atoms with Crippen LogP contribution in [0.4, 0.5) is 5.69 Å². The molecule has 1 aromatic rings. The molecule has 1 saturated heterocycles. The number of nitrogens with zero attached hydrogens (tertiary/aromatic N) is 2. The first-order chi connectivity index (χ1) is 14.1. The van der Waals surface area contributed by atoms with E-state index in [-0.39, 0.29) is 42.1 Å².